The summed E-state index contributed by atoms with van der Waals surface area (Å²) in [6.07, 6.45) is 1.90. The van der Waals surface area contributed by atoms with E-state index in [1.807, 2.05) is 29.2 Å². The van der Waals surface area contributed by atoms with Crippen LogP contribution in [0.3, 0.4) is 0 Å². The first-order valence-electron chi connectivity index (χ1n) is 6.45. The Morgan fingerprint density at radius 2 is 1.78 bits per heavy atom. The van der Waals surface area contributed by atoms with Crippen LogP contribution in [0, 0.1) is 0 Å². The van der Waals surface area contributed by atoms with Gasteiger partial charge in [-0.15, -0.1) is 0 Å². The quantitative estimate of drug-likeness (QED) is 0.797. The van der Waals surface area contributed by atoms with Crippen molar-refractivity contribution in [3.8, 4) is 0 Å². The van der Waals surface area contributed by atoms with Crippen LogP contribution in [-0.2, 0) is 14.9 Å². The Morgan fingerprint density at radius 1 is 1.17 bits per heavy atom. The second kappa shape index (κ2) is 4.28. The lowest BCUT2D eigenvalue weighted by atomic mass is 9.94. The van der Waals surface area contributed by atoms with E-state index >= 15 is 0 Å². The Labute approximate surface area is 107 Å². The molecule has 0 radical (unpaired) electrons. The number of hydrogen-bond acceptors (Lipinski definition) is 3. The van der Waals surface area contributed by atoms with Crippen molar-refractivity contribution in [2.24, 2.45) is 0 Å². The smallest absolute Gasteiger partial charge is 0.233 e. The van der Waals surface area contributed by atoms with Crippen LogP contribution < -0.4 is 5.73 Å². The first-order chi connectivity index (χ1) is 8.72. The topological polar surface area (TPSA) is 55.6 Å². The maximum Gasteiger partial charge on any atom is 0.233 e. The first kappa shape index (κ1) is 11.5. The van der Waals surface area contributed by atoms with Crippen molar-refractivity contribution in [2.75, 3.05) is 32.0 Å². The highest BCUT2D eigenvalue weighted by molar-refractivity contribution is 5.91. The zero-order valence-corrected chi connectivity index (χ0v) is 10.4. The Morgan fingerprint density at radius 3 is 2.33 bits per heavy atom. The van der Waals surface area contributed by atoms with Crippen LogP contribution in [0.15, 0.2) is 24.3 Å². The molecule has 0 bridgehead atoms. The molecule has 3 rings (SSSR count). The third kappa shape index (κ3) is 1.86. The molecule has 1 saturated heterocycles. The first-order valence-corrected chi connectivity index (χ1v) is 6.45. The van der Waals surface area contributed by atoms with Crippen LogP contribution in [0.1, 0.15) is 18.4 Å². The summed E-state index contributed by atoms with van der Waals surface area (Å²) in [5.41, 5.74) is 7.27. The van der Waals surface area contributed by atoms with Crippen molar-refractivity contribution >= 4 is 11.6 Å². The second-order valence-corrected chi connectivity index (χ2v) is 5.11. The summed E-state index contributed by atoms with van der Waals surface area (Å²) in [6.45, 7) is 2.75. The molecule has 4 nitrogen and oxygen atoms in total. The van der Waals surface area contributed by atoms with Crippen molar-refractivity contribution in [1.82, 2.24) is 4.90 Å². The van der Waals surface area contributed by atoms with Crippen molar-refractivity contribution < 1.29 is 9.53 Å². The molecule has 1 amide bonds. The number of carbonyl (C=O) groups excluding carboxylic acids is 1. The minimum absolute atomic E-state index is 0.260. The van der Waals surface area contributed by atoms with Crippen molar-refractivity contribution in [3.05, 3.63) is 29.8 Å². The number of morpholine rings is 1. The lowest BCUT2D eigenvalue weighted by Gasteiger charge is -2.30. The van der Waals surface area contributed by atoms with E-state index in [9.17, 15) is 4.79 Å². The van der Waals surface area contributed by atoms with E-state index in [-0.39, 0.29) is 11.3 Å². The molecule has 0 spiro atoms. The molecule has 18 heavy (non-hydrogen) atoms. The van der Waals surface area contributed by atoms with E-state index < -0.39 is 0 Å². The molecule has 2 N–H and O–H groups in total. The van der Waals surface area contributed by atoms with Gasteiger partial charge in [-0.25, -0.2) is 0 Å². The number of carbonyl (C=O) groups is 1. The number of nitrogen functional groups attached to an aromatic ring is 1. The highest BCUT2D eigenvalue weighted by Crippen LogP contribution is 2.49. The van der Waals surface area contributed by atoms with Crippen LogP contribution in [0.5, 0.6) is 0 Å². The van der Waals surface area contributed by atoms with Gasteiger partial charge in [-0.3, -0.25) is 4.79 Å². The molecule has 1 saturated carbocycles. The minimum atomic E-state index is -0.273. The Balaban J connectivity index is 1.81. The van der Waals surface area contributed by atoms with Gasteiger partial charge in [0.1, 0.15) is 0 Å². The molecule has 1 aromatic carbocycles. The number of ether oxygens (including phenoxy) is 1. The molecule has 0 aromatic heterocycles. The van der Waals surface area contributed by atoms with E-state index in [1.54, 1.807) is 0 Å². The summed E-state index contributed by atoms with van der Waals surface area (Å²) in [5.74, 6) is 0.260. The van der Waals surface area contributed by atoms with Crippen molar-refractivity contribution in [2.45, 2.75) is 18.3 Å². The number of nitrogens with zero attached hydrogens (tertiary/aromatic N) is 1. The van der Waals surface area contributed by atoms with Gasteiger partial charge < -0.3 is 15.4 Å². The van der Waals surface area contributed by atoms with Gasteiger partial charge in [0.25, 0.3) is 0 Å². The van der Waals surface area contributed by atoms with E-state index in [0.29, 0.717) is 13.2 Å². The predicted molar refractivity (Wildman–Crippen MR) is 69.2 cm³/mol. The van der Waals surface area contributed by atoms with Crippen LogP contribution in [0.4, 0.5) is 5.69 Å². The molecule has 1 aliphatic heterocycles. The molecule has 0 unspecified atom stereocenters. The third-order valence-corrected chi connectivity index (χ3v) is 3.92. The summed E-state index contributed by atoms with van der Waals surface area (Å²) in [4.78, 5) is 14.5. The van der Waals surface area contributed by atoms with Crippen LogP contribution in [0.2, 0.25) is 0 Å². The fourth-order valence-electron chi connectivity index (χ4n) is 2.62. The average molecular weight is 246 g/mol. The van der Waals surface area contributed by atoms with E-state index in [4.69, 9.17) is 10.5 Å². The Bertz CT molecular complexity index is 445. The number of amides is 1. The van der Waals surface area contributed by atoms with Crippen molar-refractivity contribution in [3.63, 3.8) is 0 Å². The maximum absolute atomic E-state index is 12.6. The normalized spacial score (nSPS) is 21.7. The number of anilines is 1. The molecule has 1 heterocycles. The zero-order valence-electron chi connectivity index (χ0n) is 10.4. The summed E-state index contributed by atoms with van der Waals surface area (Å²) in [5, 5.41) is 0. The standard InChI is InChI=1S/C14H18N2O2/c15-12-3-1-11(2-4-12)14(5-6-14)13(17)16-7-9-18-10-8-16/h1-4H,5-10,15H2. The average Bonchev–Trinajstić information content (AvgIpc) is 3.21. The Kier molecular flexibility index (Phi) is 2.74. The van der Waals surface area contributed by atoms with Gasteiger partial charge in [-0.2, -0.15) is 0 Å². The molecule has 2 aliphatic rings. The monoisotopic (exact) mass is 246 g/mol. The largest absolute Gasteiger partial charge is 0.399 e. The molecular weight excluding hydrogens is 228 g/mol. The Hall–Kier alpha value is -1.55. The SMILES string of the molecule is Nc1ccc(C2(C(=O)N3CCOCC3)CC2)cc1. The van der Waals surface area contributed by atoms with Crippen LogP contribution in [-0.4, -0.2) is 37.1 Å². The molecule has 2 fully saturated rings. The lowest BCUT2D eigenvalue weighted by Crippen LogP contribution is -2.45. The molecular formula is C14H18N2O2. The van der Waals surface area contributed by atoms with Gasteiger partial charge in [0.2, 0.25) is 5.91 Å². The summed E-state index contributed by atoms with van der Waals surface area (Å²) >= 11 is 0. The molecule has 96 valence electrons. The minimum Gasteiger partial charge on any atom is -0.399 e. The van der Waals surface area contributed by atoms with Gasteiger partial charge >= 0.3 is 0 Å². The second-order valence-electron chi connectivity index (χ2n) is 5.11. The van der Waals surface area contributed by atoms with Crippen LogP contribution >= 0.6 is 0 Å². The maximum atomic E-state index is 12.6. The number of benzene rings is 1. The van der Waals surface area contributed by atoms with E-state index in [0.717, 1.165) is 37.2 Å². The van der Waals surface area contributed by atoms with Gasteiger partial charge in [-0.05, 0) is 30.5 Å². The van der Waals surface area contributed by atoms with Gasteiger partial charge in [0.15, 0.2) is 0 Å². The fraction of sp³-hybridized carbons (Fsp3) is 0.500. The molecule has 4 heteroatoms. The fourth-order valence-corrected chi connectivity index (χ4v) is 2.62. The van der Waals surface area contributed by atoms with Crippen LogP contribution in [0.25, 0.3) is 0 Å². The molecule has 1 aromatic rings. The lowest BCUT2D eigenvalue weighted by molar-refractivity contribution is -0.138. The van der Waals surface area contributed by atoms with E-state index in [2.05, 4.69) is 0 Å². The van der Waals surface area contributed by atoms with Gasteiger partial charge in [0, 0.05) is 18.8 Å². The third-order valence-electron chi connectivity index (χ3n) is 3.92. The number of nitrogens with two attached hydrogens (primary N) is 1. The molecule has 0 atom stereocenters. The van der Waals surface area contributed by atoms with Crippen molar-refractivity contribution in [1.29, 1.82) is 0 Å². The predicted octanol–water partition coefficient (Wildman–Crippen LogP) is 1.16. The summed E-state index contributed by atoms with van der Waals surface area (Å²) in [6, 6.07) is 7.73. The highest BCUT2D eigenvalue weighted by atomic mass is 16.5. The van der Waals surface area contributed by atoms with E-state index in [1.165, 1.54) is 0 Å². The number of hydrogen-bond donors (Lipinski definition) is 1. The number of rotatable bonds is 2. The zero-order chi connectivity index (χ0) is 12.6. The highest BCUT2D eigenvalue weighted by Gasteiger charge is 2.52. The summed E-state index contributed by atoms with van der Waals surface area (Å²) in [7, 11) is 0. The van der Waals surface area contributed by atoms with Gasteiger partial charge in [0.05, 0.1) is 18.6 Å². The molecule has 1 aliphatic carbocycles. The van der Waals surface area contributed by atoms with Gasteiger partial charge in [-0.1, -0.05) is 12.1 Å². The summed E-state index contributed by atoms with van der Waals surface area (Å²) < 4.78 is 5.29.